The number of esters is 1. The first kappa shape index (κ1) is 16.1. The highest BCUT2D eigenvalue weighted by molar-refractivity contribution is 7.52. The standard InChI is InChI=1S/C9H18NO6P/c1-4-9(5-2,8(12)16-3)10-7(11)6-17(13,14)15/h4-6H2,1-3H3,(H,10,11)(H2,13,14,15). The Bertz CT molecular complexity index is 332. The van der Waals surface area contributed by atoms with E-state index in [1.165, 1.54) is 7.11 Å². The van der Waals surface area contributed by atoms with Gasteiger partial charge in [-0.2, -0.15) is 0 Å². The number of carbonyl (C=O) groups is 2. The first-order valence-corrected chi connectivity index (χ1v) is 6.94. The third kappa shape index (κ3) is 4.85. The van der Waals surface area contributed by atoms with Gasteiger partial charge in [-0.25, -0.2) is 4.79 Å². The molecule has 0 bridgehead atoms. The number of hydrogen-bond acceptors (Lipinski definition) is 4. The molecule has 100 valence electrons. The molecule has 0 aromatic heterocycles. The Kier molecular flexibility index (Phi) is 5.81. The van der Waals surface area contributed by atoms with Gasteiger partial charge in [-0.3, -0.25) is 9.36 Å². The summed E-state index contributed by atoms with van der Waals surface area (Å²) in [6.45, 7) is 3.36. The lowest BCUT2D eigenvalue weighted by Gasteiger charge is -2.29. The summed E-state index contributed by atoms with van der Waals surface area (Å²) < 4.78 is 15.2. The van der Waals surface area contributed by atoms with Gasteiger partial charge in [0.15, 0.2) is 0 Å². The summed E-state index contributed by atoms with van der Waals surface area (Å²) >= 11 is 0. The second-order valence-electron chi connectivity index (χ2n) is 3.65. The highest BCUT2D eigenvalue weighted by atomic mass is 31.2. The van der Waals surface area contributed by atoms with Gasteiger partial charge >= 0.3 is 13.6 Å². The van der Waals surface area contributed by atoms with Crippen LogP contribution >= 0.6 is 7.60 Å². The molecule has 0 saturated carbocycles. The zero-order valence-electron chi connectivity index (χ0n) is 10.1. The first-order valence-electron chi connectivity index (χ1n) is 5.14. The van der Waals surface area contributed by atoms with Gasteiger partial charge in [0.2, 0.25) is 5.91 Å². The van der Waals surface area contributed by atoms with Gasteiger partial charge in [-0.05, 0) is 12.8 Å². The maximum absolute atomic E-state index is 11.6. The lowest BCUT2D eigenvalue weighted by atomic mass is 9.93. The third-order valence-electron chi connectivity index (χ3n) is 2.51. The van der Waals surface area contributed by atoms with Crippen molar-refractivity contribution in [3.05, 3.63) is 0 Å². The van der Waals surface area contributed by atoms with Crippen molar-refractivity contribution < 1.29 is 28.7 Å². The molecule has 8 heteroatoms. The second-order valence-corrected chi connectivity index (χ2v) is 5.30. The monoisotopic (exact) mass is 267 g/mol. The van der Waals surface area contributed by atoms with Gasteiger partial charge in [0.25, 0.3) is 0 Å². The Hall–Kier alpha value is -0.910. The van der Waals surface area contributed by atoms with Gasteiger partial charge in [0.1, 0.15) is 11.7 Å². The Morgan fingerprint density at radius 3 is 2.06 bits per heavy atom. The van der Waals surface area contributed by atoms with E-state index in [1.54, 1.807) is 13.8 Å². The van der Waals surface area contributed by atoms with Gasteiger partial charge in [-0.1, -0.05) is 13.8 Å². The Morgan fingerprint density at radius 2 is 1.76 bits per heavy atom. The predicted molar refractivity (Wildman–Crippen MR) is 60.4 cm³/mol. The molecule has 0 saturated heterocycles. The van der Waals surface area contributed by atoms with Crippen LogP contribution in [0.4, 0.5) is 0 Å². The fraction of sp³-hybridized carbons (Fsp3) is 0.778. The third-order valence-corrected chi connectivity index (χ3v) is 3.21. The SMILES string of the molecule is CCC(CC)(NC(=O)CP(=O)(O)O)C(=O)OC. The maximum Gasteiger partial charge on any atom is 0.334 e. The smallest absolute Gasteiger partial charge is 0.334 e. The van der Waals surface area contributed by atoms with Crippen molar-refractivity contribution in [1.82, 2.24) is 5.32 Å². The highest BCUT2D eigenvalue weighted by Gasteiger charge is 2.38. The predicted octanol–water partition coefficient (Wildman–Crippen LogP) is 0.0121. The van der Waals surface area contributed by atoms with E-state index in [0.717, 1.165) is 0 Å². The summed E-state index contributed by atoms with van der Waals surface area (Å²) in [6.07, 6.45) is -0.377. The number of hydrogen-bond donors (Lipinski definition) is 3. The number of rotatable bonds is 6. The molecule has 17 heavy (non-hydrogen) atoms. The van der Waals surface area contributed by atoms with Crippen molar-refractivity contribution in [2.75, 3.05) is 13.3 Å². The fourth-order valence-corrected chi connectivity index (χ4v) is 1.91. The fourth-order valence-electron chi connectivity index (χ4n) is 1.46. The maximum atomic E-state index is 11.6. The van der Waals surface area contributed by atoms with Crippen LogP contribution in [0.2, 0.25) is 0 Å². The molecule has 1 amide bonds. The minimum Gasteiger partial charge on any atom is -0.467 e. The Morgan fingerprint density at radius 1 is 1.29 bits per heavy atom. The minimum absolute atomic E-state index is 0.281. The van der Waals surface area contributed by atoms with Crippen LogP contribution < -0.4 is 5.32 Å². The van der Waals surface area contributed by atoms with E-state index in [0.29, 0.717) is 0 Å². The summed E-state index contributed by atoms with van der Waals surface area (Å²) in [7, 11) is -3.24. The van der Waals surface area contributed by atoms with Crippen molar-refractivity contribution >= 4 is 19.5 Å². The van der Waals surface area contributed by atoms with Crippen molar-refractivity contribution in [2.45, 2.75) is 32.2 Å². The second kappa shape index (κ2) is 6.14. The lowest BCUT2D eigenvalue weighted by Crippen LogP contribution is -2.55. The quantitative estimate of drug-likeness (QED) is 0.461. The molecular weight excluding hydrogens is 249 g/mol. The zero-order chi connectivity index (χ0) is 13.7. The zero-order valence-corrected chi connectivity index (χ0v) is 11.0. The minimum atomic E-state index is -4.43. The topological polar surface area (TPSA) is 113 Å². The van der Waals surface area contributed by atoms with Crippen LogP contribution in [0.25, 0.3) is 0 Å². The van der Waals surface area contributed by atoms with E-state index < -0.39 is 31.2 Å². The first-order chi connectivity index (χ1) is 7.70. The molecule has 0 heterocycles. The molecule has 0 unspecified atom stereocenters. The van der Waals surface area contributed by atoms with Crippen LogP contribution in [0.3, 0.4) is 0 Å². The van der Waals surface area contributed by atoms with Crippen molar-refractivity contribution in [3.63, 3.8) is 0 Å². The van der Waals surface area contributed by atoms with Crippen LogP contribution in [0.1, 0.15) is 26.7 Å². The molecule has 0 radical (unpaired) electrons. The number of carbonyl (C=O) groups excluding carboxylic acids is 2. The molecule has 0 aromatic carbocycles. The molecule has 0 rings (SSSR count). The van der Waals surface area contributed by atoms with Crippen LogP contribution in [-0.2, 0) is 18.9 Å². The summed E-state index contributed by atoms with van der Waals surface area (Å²) in [5.74, 6) is -1.49. The van der Waals surface area contributed by atoms with Crippen LogP contribution in [-0.4, -0.2) is 40.5 Å². The number of amides is 1. The molecule has 0 aliphatic heterocycles. The van der Waals surface area contributed by atoms with Gasteiger partial charge in [0.05, 0.1) is 7.11 Å². The van der Waals surface area contributed by atoms with Gasteiger partial charge in [0, 0.05) is 0 Å². The summed E-state index contributed by atoms with van der Waals surface area (Å²) in [5, 5.41) is 2.33. The molecule has 0 aliphatic rings. The lowest BCUT2D eigenvalue weighted by molar-refractivity contribution is -0.151. The average molecular weight is 267 g/mol. The van der Waals surface area contributed by atoms with E-state index in [1.807, 2.05) is 0 Å². The summed E-state index contributed by atoms with van der Waals surface area (Å²) in [6, 6.07) is 0. The Balaban J connectivity index is 4.83. The van der Waals surface area contributed by atoms with Crippen LogP contribution in [0, 0.1) is 0 Å². The average Bonchev–Trinajstić information content (AvgIpc) is 2.22. The molecule has 7 nitrogen and oxygen atoms in total. The molecule has 0 fully saturated rings. The van der Waals surface area contributed by atoms with E-state index in [-0.39, 0.29) is 12.8 Å². The summed E-state index contributed by atoms with van der Waals surface area (Å²) in [4.78, 5) is 40.3. The molecule has 0 spiro atoms. The van der Waals surface area contributed by atoms with Crippen molar-refractivity contribution in [2.24, 2.45) is 0 Å². The molecular formula is C9H18NO6P. The molecule has 0 aliphatic carbocycles. The molecule has 0 atom stereocenters. The van der Waals surface area contributed by atoms with Gasteiger partial charge < -0.3 is 19.8 Å². The van der Waals surface area contributed by atoms with Crippen molar-refractivity contribution in [1.29, 1.82) is 0 Å². The highest BCUT2D eigenvalue weighted by Crippen LogP contribution is 2.33. The Labute approximate surface area is 99.7 Å². The molecule has 0 aromatic rings. The van der Waals surface area contributed by atoms with E-state index >= 15 is 0 Å². The number of methoxy groups -OCH3 is 1. The molecule has 3 N–H and O–H groups in total. The van der Waals surface area contributed by atoms with Crippen LogP contribution in [0.15, 0.2) is 0 Å². The number of ether oxygens (including phenoxy) is 1. The van der Waals surface area contributed by atoms with E-state index in [2.05, 4.69) is 10.1 Å². The number of nitrogens with one attached hydrogen (secondary N) is 1. The van der Waals surface area contributed by atoms with Crippen molar-refractivity contribution in [3.8, 4) is 0 Å². The van der Waals surface area contributed by atoms with E-state index in [4.69, 9.17) is 9.79 Å². The van der Waals surface area contributed by atoms with E-state index in [9.17, 15) is 14.2 Å². The summed E-state index contributed by atoms with van der Waals surface area (Å²) in [5.41, 5.74) is -1.22. The normalized spacial score (nSPS) is 12.1. The van der Waals surface area contributed by atoms with Crippen LogP contribution in [0.5, 0.6) is 0 Å². The largest absolute Gasteiger partial charge is 0.467 e. The van der Waals surface area contributed by atoms with Gasteiger partial charge in [-0.15, -0.1) is 0 Å².